The molecule has 234 valence electrons. The quantitative estimate of drug-likeness (QED) is 0.164. The molecule has 0 aromatic rings. The molecule has 4 fully saturated rings. The summed E-state index contributed by atoms with van der Waals surface area (Å²) in [6.07, 6.45) is 7.81. The average Bonchev–Trinajstić information content (AvgIpc) is 3.45. The van der Waals surface area contributed by atoms with Crippen molar-refractivity contribution in [3.05, 3.63) is 0 Å². The van der Waals surface area contributed by atoms with Crippen LogP contribution in [-0.4, -0.2) is 128 Å². The number of rotatable bonds is 16. The fraction of sp³-hybridized carbons (Fsp3) is 1.00. The number of aliphatic hydroxyl groups is 2. The SMILES string of the molecule is COCCCCN1C(C(C)CCCN)CCC1C(O)N(CC(C)C)C1CC12CNC[C@H](C(O)N1CCOCC1)C2. The smallest absolute Gasteiger partial charge is 0.123 e. The third-order valence-electron chi connectivity index (χ3n) is 10.3. The van der Waals surface area contributed by atoms with E-state index in [-0.39, 0.29) is 17.4 Å². The minimum atomic E-state index is -0.467. The van der Waals surface area contributed by atoms with E-state index in [1.54, 1.807) is 7.11 Å². The van der Waals surface area contributed by atoms with Gasteiger partial charge in [-0.2, -0.15) is 0 Å². The van der Waals surface area contributed by atoms with E-state index in [4.69, 9.17) is 15.2 Å². The van der Waals surface area contributed by atoms with Gasteiger partial charge in [0.25, 0.3) is 0 Å². The molecular weight excluding hydrogens is 506 g/mol. The number of hydrogen-bond donors (Lipinski definition) is 4. The third-order valence-corrected chi connectivity index (χ3v) is 10.3. The van der Waals surface area contributed by atoms with Crippen LogP contribution >= 0.6 is 0 Å². The Kier molecular flexibility index (Phi) is 12.5. The van der Waals surface area contributed by atoms with Crippen molar-refractivity contribution in [2.24, 2.45) is 28.9 Å². The number of ether oxygens (including phenoxy) is 2. The predicted molar refractivity (Wildman–Crippen MR) is 160 cm³/mol. The van der Waals surface area contributed by atoms with Crippen LogP contribution < -0.4 is 11.1 Å². The lowest BCUT2D eigenvalue weighted by Gasteiger charge is -2.43. The topological polar surface area (TPSA) is 107 Å². The summed E-state index contributed by atoms with van der Waals surface area (Å²) in [5, 5.41) is 27.1. The molecule has 1 saturated carbocycles. The average molecular weight is 568 g/mol. The van der Waals surface area contributed by atoms with Crippen LogP contribution in [0.2, 0.25) is 0 Å². The number of nitrogens with one attached hydrogen (secondary N) is 1. The monoisotopic (exact) mass is 567 g/mol. The van der Waals surface area contributed by atoms with Gasteiger partial charge in [0.15, 0.2) is 0 Å². The number of unbranched alkanes of at least 4 members (excludes halogenated alkanes) is 1. The van der Waals surface area contributed by atoms with Gasteiger partial charge in [-0.25, -0.2) is 0 Å². The summed E-state index contributed by atoms with van der Waals surface area (Å²) in [5.41, 5.74) is 6.00. The normalized spacial score (nSPS) is 34.1. The van der Waals surface area contributed by atoms with Gasteiger partial charge in [-0.1, -0.05) is 20.8 Å². The van der Waals surface area contributed by atoms with Crippen molar-refractivity contribution in [1.82, 2.24) is 20.0 Å². The molecule has 0 aromatic carbocycles. The van der Waals surface area contributed by atoms with Gasteiger partial charge in [-0.3, -0.25) is 14.7 Å². The van der Waals surface area contributed by atoms with E-state index in [0.717, 1.165) is 104 Å². The van der Waals surface area contributed by atoms with E-state index >= 15 is 0 Å². The molecule has 3 aliphatic heterocycles. The molecule has 0 aromatic heterocycles. The van der Waals surface area contributed by atoms with E-state index in [2.05, 4.69) is 40.8 Å². The maximum atomic E-state index is 12.2. The minimum absolute atomic E-state index is 0.141. The summed E-state index contributed by atoms with van der Waals surface area (Å²) in [6.45, 7) is 15.3. The number of morpholine rings is 1. The maximum Gasteiger partial charge on any atom is 0.123 e. The highest BCUT2D eigenvalue weighted by Gasteiger charge is 2.61. The summed E-state index contributed by atoms with van der Waals surface area (Å²) in [5.74, 6) is 1.28. The lowest BCUT2D eigenvalue weighted by atomic mass is 9.85. The van der Waals surface area contributed by atoms with Crippen LogP contribution in [0, 0.1) is 23.2 Å². The van der Waals surface area contributed by atoms with Crippen LogP contribution in [0.1, 0.15) is 72.1 Å². The number of nitrogens with zero attached hydrogens (tertiary/aromatic N) is 3. The molecule has 3 saturated heterocycles. The van der Waals surface area contributed by atoms with Crippen molar-refractivity contribution in [3.8, 4) is 0 Å². The second kappa shape index (κ2) is 15.4. The number of nitrogens with two attached hydrogens (primary N) is 1. The molecule has 4 aliphatic rings. The van der Waals surface area contributed by atoms with Crippen molar-refractivity contribution in [2.45, 2.75) is 103 Å². The molecule has 9 nitrogen and oxygen atoms in total. The zero-order chi connectivity index (χ0) is 28.7. The number of methoxy groups -OCH3 is 1. The fourth-order valence-corrected chi connectivity index (χ4v) is 8.15. The predicted octanol–water partition coefficient (Wildman–Crippen LogP) is 1.92. The molecule has 0 bridgehead atoms. The molecular formula is C31H61N5O4. The first-order chi connectivity index (χ1) is 19.3. The van der Waals surface area contributed by atoms with Crippen LogP contribution in [0.4, 0.5) is 0 Å². The Balaban J connectivity index is 1.45. The number of piperidine rings is 1. The van der Waals surface area contributed by atoms with Gasteiger partial charge in [0.2, 0.25) is 0 Å². The fourth-order valence-electron chi connectivity index (χ4n) is 8.15. The molecule has 40 heavy (non-hydrogen) atoms. The van der Waals surface area contributed by atoms with Gasteiger partial charge in [-0.05, 0) is 76.3 Å². The molecule has 0 amide bonds. The highest BCUT2D eigenvalue weighted by atomic mass is 16.5. The summed E-state index contributed by atoms with van der Waals surface area (Å²) in [4.78, 5) is 7.32. The summed E-state index contributed by atoms with van der Waals surface area (Å²) < 4.78 is 10.9. The number of hydrogen-bond acceptors (Lipinski definition) is 9. The van der Waals surface area contributed by atoms with Crippen LogP contribution in [0.5, 0.6) is 0 Å². The summed E-state index contributed by atoms with van der Waals surface area (Å²) in [6, 6.07) is 1.03. The highest BCUT2D eigenvalue weighted by molar-refractivity contribution is 5.14. The van der Waals surface area contributed by atoms with Gasteiger partial charge in [0.05, 0.1) is 13.2 Å². The molecule has 5 N–H and O–H groups in total. The zero-order valence-corrected chi connectivity index (χ0v) is 26.0. The van der Waals surface area contributed by atoms with E-state index in [0.29, 0.717) is 37.1 Å². The lowest BCUT2D eigenvalue weighted by Crippen LogP contribution is -2.56. The van der Waals surface area contributed by atoms with Crippen molar-refractivity contribution in [1.29, 1.82) is 0 Å². The zero-order valence-electron chi connectivity index (χ0n) is 26.0. The maximum absolute atomic E-state index is 12.2. The molecule has 3 heterocycles. The van der Waals surface area contributed by atoms with Gasteiger partial charge >= 0.3 is 0 Å². The van der Waals surface area contributed by atoms with Crippen LogP contribution in [0.25, 0.3) is 0 Å². The van der Waals surface area contributed by atoms with Gasteiger partial charge in [0, 0.05) is 75.9 Å². The van der Waals surface area contributed by atoms with Crippen LogP contribution in [-0.2, 0) is 9.47 Å². The molecule has 7 unspecified atom stereocenters. The highest BCUT2D eigenvalue weighted by Crippen LogP contribution is 2.56. The largest absolute Gasteiger partial charge is 0.385 e. The van der Waals surface area contributed by atoms with E-state index in [1.165, 1.54) is 0 Å². The Hall–Kier alpha value is -0.360. The molecule has 8 atom stereocenters. The van der Waals surface area contributed by atoms with Gasteiger partial charge in [0.1, 0.15) is 12.5 Å². The molecule has 0 radical (unpaired) electrons. The molecule has 1 aliphatic carbocycles. The first-order valence-electron chi connectivity index (χ1n) is 16.4. The van der Waals surface area contributed by atoms with Crippen molar-refractivity contribution in [2.75, 3.05) is 72.7 Å². The molecule has 4 rings (SSSR count). The molecule has 9 heteroatoms. The first-order valence-corrected chi connectivity index (χ1v) is 16.4. The second-order valence-corrected chi connectivity index (χ2v) is 13.8. The Morgan fingerprint density at radius 1 is 1.07 bits per heavy atom. The Morgan fingerprint density at radius 2 is 1.82 bits per heavy atom. The van der Waals surface area contributed by atoms with Crippen molar-refractivity contribution < 1.29 is 19.7 Å². The Morgan fingerprint density at radius 3 is 2.52 bits per heavy atom. The lowest BCUT2D eigenvalue weighted by molar-refractivity contribution is -0.0996. The molecule has 1 spiro atoms. The van der Waals surface area contributed by atoms with Gasteiger partial charge < -0.3 is 30.7 Å². The van der Waals surface area contributed by atoms with Gasteiger partial charge in [-0.15, -0.1) is 0 Å². The Labute approximate surface area is 244 Å². The van der Waals surface area contributed by atoms with E-state index in [1.807, 2.05) is 0 Å². The van der Waals surface area contributed by atoms with E-state index < -0.39 is 12.5 Å². The van der Waals surface area contributed by atoms with Crippen molar-refractivity contribution in [3.63, 3.8) is 0 Å². The van der Waals surface area contributed by atoms with Crippen LogP contribution in [0.3, 0.4) is 0 Å². The number of aliphatic hydroxyl groups excluding tert-OH is 2. The number of likely N-dealkylation sites (tertiary alicyclic amines) is 1. The standard InChI is InChI=1S/C31H61N5O4/c1-23(2)21-36(28-19-31(28)18-25(20-33-22-31)29(37)34-13-16-40-17-14-34)30(38)27-10-9-26(24(3)8-7-11-32)35(27)12-5-6-15-39-4/h23-30,33,37-38H,5-22,32H2,1-4H3/t24?,25-,26?,27?,28?,29?,30?,31?/m1/s1. The van der Waals surface area contributed by atoms with E-state index in [9.17, 15) is 10.2 Å². The summed E-state index contributed by atoms with van der Waals surface area (Å²) in [7, 11) is 1.78. The minimum Gasteiger partial charge on any atom is -0.385 e. The van der Waals surface area contributed by atoms with Crippen LogP contribution in [0.15, 0.2) is 0 Å². The van der Waals surface area contributed by atoms with Crippen molar-refractivity contribution >= 4 is 0 Å². The summed E-state index contributed by atoms with van der Waals surface area (Å²) >= 11 is 0. The Bertz CT molecular complexity index is 741. The first kappa shape index (κ1) is 32.6. The second-order valence-electron chi connectivity index (χ2n) is 13.8. The third kappa shape index (κ3) is 7.97.